The first-order valence-corrected chi connectivity index (χ1v) is 6.15. The molecule has 106 valence electrons. The van der Waals surface area contributed by atoms with Crippen molar-refractivity contribution in [2.75, 3.05) is 7.11 Å². The second-order valence-electron chi connectivity index (χ2n) is 4.49. The molecule has 0 spiro atoms. The fourth-order valence-electron chi connectivity index (χ4n) is 2.24. The zero-order valence-corrected chi connectivity index (χ0v) is 11.1. The van der Waals surface area contributed by atoms with Crippen LogP contribution in [-0.2, 0) is 0 Å². The molecule has 0 bridgehead atoms. The lowest BCUT2D eigenvalue weighted by Crippen LogP contribution is -2.00. The van der Waals surface area contributed by atoms with E-state index >= 15 is 0 Å². The largest absolute Gasteiger partial charge is 0.496 e. The number of rotatable bonds is 3. The van der Waals surface area contributed by atoms with Crippen LogP contribution in [-0.4, -0.2) is 28.4 Å². The number of methoxy groups -OCH3 is 1. The smallest absolute Gasteiger partial charge is 0.339 e. The van der Waals surface area contributed by atoms with Gasteiger partial charge >= 0.3 is 5.97 Å². The summed E-state index contributed by atoms with van der Waals surface area (Å²) in [4.78, 5) is 11.3. The van der Waals surface area contributed by atoms with Gasteiger partial charge in [-0.2, -0.15) is 5.10 Å². The van der Waals surface area contributed by atoms with E-state index in [0.717, 1.165) is 0 Å². The molecule has 2 N–H and O–H groups in total. The van der Waals surface area contributed by atoms with E-state index in [2.05, 4.69) is 10.2 Å². The number of carboxylic acid groups (broad SMARTS) is 1. The quantitative estimate of drug-likeness (QED) is 0.776. The summed E-state index contributed by atoms with van der Waals surface area (Å²) in [7, 11) is 1.40. The topological polar surface area (TPSA) is 75.2 Å². The third kappa shape index (κ3) is 2.20. The first kappa shape index (κ1) is 13.1. The van der Waals surface area contributed by atoms with Gasteiger partial charge in [0.05, 0.1) is 12.6 Å². The van der Waals surface area contributed by atoms with Crippen molar-refractivity contribution in [1.82, 2.24) is 10.2 Å². The standard InChI is InChI=1S/C15H11FN2O3/c1-21-13-7-12-10(6-11(13)15(19)20)14(18-17-12)8-3-2-4-9(16)5-8/h2-7H,1H3,(H,17,18)(H,19,20). The summed E-state index contributed by atoms with van der Waals surface area (Å²) in [5.74, 6) is -1.24. The number of hydrogen-bond donors (Lipinski definition) is 2. The molecule has 0 aliphatic rings. The van der Waals surface area contributed by atoms with Crippen LogP contribution in [0, 0.1) is 5.82 Å². The number of nitrogens with zero attached hydrogens (tertiary/aromatic N) is 1. The van der Waals surface area contributed by atoms with E-state index in [-0.39, 0.29) is 17.1 Å². The molecule has 0 saturated carbocycles. The van der Waals surface area contributed by atoms with Crippen LogP contribution in [0.25, 0.3) is 22.2 Å². The molecule has 0 unspecified atom stereocenters. The molecule has 0 fully saturated rings. The number of carboxylic acids is 1. The Morgan fingerprint density at radius 3 is 2.81 bits per heavy atom. The van der Waals surface area contributed by atoms with E-state index in [0.29, 0.717) is 22.2 Å². The summed E-state index contributed by atoms with van der Waals surface area (Å²) < 4.78 is 18.4. The minimum atomic E-state index is -1.10. The zero-order valence-electron chi connectivity index (χ0n) is 11.1. The van der Waals surface area contributed by atoms with Gasteiger partial charge in [-0.1, -0.05) is 12.1 Å². The van der Waals surface area contributed by atoms with E-state index < -0.39 is 5.97 Å². The summed E-state index contributed by atoms with van der Waals surface area (Å²) in [6, 6.07) is 9.01. The second-order valence-corrected chi connectivity index (χ2v) is 4.49. The van der Waals surface area contributed by atoms with E-state index in [1.165, 1.54) is 25.3 Å². The zero-order chi connectivity index (χ0) is 15.0. The molecule has 1 aromatic heterocycles. The molecule has 0 atom stereocenters. The summed E-state index contributed by atoms with van der Waals surface area (Å²) in [5, 5.41) is 16.8. The Labute approximate surface area is 119 Å². The van der Waals surface area contributed by atoms with Gasteiger partial charge < -0.3 is 9.84 Å². The monoisotopic (exact) mass is 286 g/mol. The third-order valence-electron chi connectivity index (χ3n) is 3.21. The molecule has 21 heavy (non-hydrogen) atoms. The van der Waals surface area contributed by atoms with Gasteiger partial charge in [-0.25, -0.2) is 9.18 Å². The van der Waals surface area contributed by atoms with Crippen LogP contribution >= 0.6 is 0 Å². The van der Waals surface area contributed by atoms with Crippen LogP contribution in [0.2, 0.25) is 0 Å². The van der Waals surface area contributed by atoms with E-state index in [9.17, 15) is 14.3 Å². The average molecular weight is 286 g/mol. The molecule has 0 amide bonds. The number of halogens is 1. The van der Waals surface area contributed by atoms with Crippen LogP contribution in [0.5, 0.6) is 5.75 Å². The van der Waals surface area contributed by atoms with Gasteiger partial charge in [-0.15, -0.1) is 0 Å². The fraction of sp³-hybridized carbons (Fsp3) is 0.0667. The lowest BCUT2D eigenvalue weighted by atomic mass is 10.0. The fourth-order valence-corrected chi connectivity index (χ4v) is 2.24. The van der Waals surface area contributed by atoms with Crippen LogP contribution in [0.3, 0.4) is 0 Å². The van der Waals surface area contributed by atoms with Crippen molar-refractivity contribution in [3.8, 4) is 17.0 Å². The Kier molecular flexibility index (Phi) is 3.06. The molecule has 3 rings (SSSR count). The second kappa shape index (κ2) is 4.90. The van der Waals surface area contributed by atoms with Gasteiger partial charge in [0.25, 0.3) is 0 Å². The van der Waals surface area contributed by atoms with E-state index in [1.807, 2.05) is 0 Å². The molecule has 3 aromatic rings. The number of ether oxygens (including phenoxy) is 1. The van der Waals surface area contributed by atoms with Crippen molar-refractivity contribution in [2.45, 2.75) is 0 Å². The molecule has 2 aromatic carbocycles. The minimum absolute atomic E-state index is 0.0315. The molecule has 0 radical (unpaired) electrons. The maximum Gasteiger partial charge on any atom is 0.339 e. The van der Waals surface area contributed by atoms with Crippen LogP contribution in [0.1, 0.15) is 10.4 Å². The Bertz CT molecular complexity index is 842. The van der Waals surface area contributed by atoms with Crippen LogP contribution in [0.15, 0.2) is 36.4 Å². The van der Waals surface area contributed by atoms with Crippen LogP contribution < -0.4 is 4.74 Å². The molecular formula is C15H11FN2O3. The lowest BCUT2D eigenvalue weighted by molar-refractivity contribution is 0.0693. The van der Waals surface area contributed by atoms with Gasteiger partial charge in [0, 0.05) is 17.0 Å². The minimum Gasteiger partial charge on any atom is -0.496 e. The number of aromatic amines is 1. The average Bonchev–Trinajstić information content (AvgIpc) is 2.88. The van der Waals surface area contributed by atoms with Gasteiger partial charge in [-0.3, -0.25) is 5.10 Å². The van der Waals surface area contributed by atoms with Crippen molar-refractivity contribution in [1.29, 1.82) is 0 Å². The SMILES string of the molecule is COc1cc2[nH]nc(-c3cccc(F)c3)c2cc1C(=O)O. The number of H-pyrrole nitrogens is 1. The molecule has 6 heteroatoms. The Morgan fingerprint density at radius 2 is 2.14 bits per heavy atom. The third-order valence-corrected chi connectivity index (χ3v) is 3.21. The number of carbonyl (C=O) groups is 1. The Hall–Kier alpha value is -2.89. The number of benzene rings is 2. The van der Waals surface area contributed by atoms with Gasteiger partial charge in [0.1, 0.15) is 22.8 Å². The Morgan fingerprint density at radius 1 is 1.33 bits per heavy atom. The first-order valence-electron chi connectivity index (χ1n) is 6.15. The number of hydrogen-bond acceptors (Lipinski definition) is 3. The lowest BCUT2D eigenvalue weighted by Gasteiger charge is -2.05. The van der Waals surface area contributed by atoms with Gasteiger partial charge in [-0.05, 0) is 18.2 Å². The predicted octanol–water partition coefficient (Wildman–Crippen LogP) is 3.08. The highest BCUT2D eigenvalue weighted by Crippen LogP contribution is 2.31. The number of nitrogens with one attached hydrogen (secondary N) is 1. The molecule has 0 saturated heterocycles. The number of fused-ring (bicyclic) bond motifs is 1. The summed E-state index contributed by atoms with van der Waals surface area (Å²) in [6.45, 7) is 0. The van der Waals surface area contributed by atoms with Crippen molar-refractivity contribution >= 4 is 16.9 Å². The summed E-state index contributed by atoms with van der Waals surface area (Å²) in [5.41, 5.74) is 1.72. The van der Waals surface area contributed by atoms with Gasteiger partial charge in [0.15, 0.2) is 0 Å². The maximum absolute atomic E-state index is 13.3. The van der Waals surface area contributed by atoms with E-state index in [4.69, 9.17) is 4.74 Å². The normalized spacial score (nSPS) is 10.8. The molecule has 0 aliphatic heterocycles. The summed E-state index contributed by atoms with van der Waals surface area (Å²) >= 11 is 0. The summed E-state index contributed by atoms with van der Waals surface area (Å²) in [6.07, 6.45) is 0. The highest BCUT2D eigenvalue weighted by molar-refractivity contribution is 6.01. The highest BCUT2D eigenvalue weighted by atomic mass is 19.1. The maximum atomic E-state index is 13.3. The van der Waals surface area contributed by atoms with Crippen LogP contribution in [0.4, 0.5) is 4.39 Å². The highest BCUT2D eigenvalue weighted by Gasteiger charge is 2.16. The van der Waals surface area contributed by atoms with Gasteiger partial charge in [0.2, 0.25) is 0 Å². The van der Waals surface area contributed by atoms with E-state index in [1.54, 1.807) is 18.2 Å². The van der Waals surface area contributed by atoms with Crippen molar-refractivity contribution in [3.63, 3.8) is 0 Å². The Balaban J connectivity index is 2.26. The number of aromatic nitrogens is 2. The number of aromatic carboxylic acids is 1. The van der Waals surface area contributed by atoms with Crippen molar-refractivity contribution in [3.05, 3.63) is 47.8 Å². The molecule has 0 aliphatic carbocycles. The first-order chi connectivity index (χ1) is 10.1. The van der Waals surface area contributed by atoms with Crippen molar-refractivity contribution < 1.29 is 19.0 Å². The van der Waals surface area contributed by atoms with Crippen molar-refractivity contribution in [2.24, 2.45) is 0 Å². The molecular weight excluding hydrogens is 275 g/mol. The predicted molar refractivity (Wildman–Crippen MR) is 75.0 cm³/mol. The molecule has 5 nitrogen and oxygen atoms in total. The molecule has 1 heterocycles.